The SMILES string of the molecule is CCc1nsc(N2CCCCCC2CC(O)c2ccco2)n1. The first-order chi connectivity index (χ1) is 10.8. The van der Waals surface area contributed by atoms with Crippen LogP contribution >= 0.6 is 11.5 Å². The molecule has 1 fully saturated rings. The summed E-state index contributed by atoms with van der Waals surface area (Å²) in [7, 11) is 0. The van der Waals surface area contributed by atoms with E-state index in [-0.39, 0.29) is 0 Å². The van der Waals surface area contributed by atoms with Gasteiger partial charge in [0.05, 0.1) is 6.26 Å². The van der Waals surface area contributed by atoms with E-state index in [1.54, 1.807) is 6.26 Å². The van der Waals surface area contributed by atoms with Crippen LogP contribution in [0.1, 0.15) is 56.7 Å². The highest BCUT2D eigenvalue weighted by atomic mass is 32.1. The molecule has 2 aromatic rings. The van der Waals surface area contributed by atoms with Crippen molar-refractivity contribution >= 4 is 16.7 Å². The van der Waals surface area contributed by atoms with Gasteiger partial charge in [-0.25, -0.2) is 4.98 Å². The fraction of sp³-hybridized carbons (Fsp3) is 0.625. The van der Waals surface area contributed by atoms with Crippen LogP contribution in [0, 0.1) is 0 Å². The number of rotatable bonds is 5. The second-order valence-corrected chi connectivity index (χ2v) is 6.54. The lowest BCUT2D eigenvalue weighted by Gasteiger charge is -2.30. The van der Waals surface area contributed by atoms with Gasteiger partial charge >= 0.3 is 0 Å². The van der Waals surface area contributed by atoms with Crippen LogP contribution in [0.15, 0.2) is 22.8 Å². The van der Waals surface area contributed by atoms with E-state index in [4.69, 9.17) is 4.42 Å². The molecule has 2 unspecified atom stereocenters. The second kappa shape index (κ2) is 7.24. The molecule has 0 spiro atoms. The van der Waals surface area contributed by atoms with Gasteiger partial charge in [-0.2, -0.15) is 4.37 Å². The van der Waals surface area contributed by atoms with Crippen molar-refractivity contribution in [3.63, 3.8) is 0 Å². The Morgan fingerprint density at radius 3 is 3.09 bits per heavy atom. The summed E-state index contributed by atoms with van der Waals surface area (Å²) >= 11 is 1.48. The largest absolute Gasteiger partial charge is 0.467 e. The Hall–Kier alpha value is -1.40. The molecule has 5 nitrogen and oxygen atoms in total. The monoisotopic (exact) mass is 321 g/mol. The zero-order chi connectivity index (χ0) is 15.4. The summed E-state index contributed by atoms with van der Waals surface area (Å²) in [6, 6.07) is 3.95. The number of aromatic nitrogens is 2. The number of aliphatic hydroxyl groups excluding tert-OH is 1. The number of hydrogen-bond acceptors (Lipinski definition) is 6. The van der Waals surface area contributed by atoms with E-state index in [1.807, 2.05) is 12.1 Å². The number of anilines is 1. The minimum absolute atomic E-state index is 0.292. The van der Waals surface area contributed by atoms with Crippen LogP contribution in [0.4, 0.5) is 5.13 Å². The van der Waals surface area contributed by atoms with Gasteiger partial charge in [0.15, 0.2) is 0 Å². The molecule has 0 radical (unpaired) electrons. The minimum Gasteiger partial charge on any atom is -0.467 e. The van der Waals surface area contributed by atoms with Crippen molar-refractivity contribution in [3.05, 3.63) is 30.0 Å². The van der Waals surface area contributed by atoms with E-state index in [0.717, 1.165) is 30.3 Å². The summed E-state index contributed by atoms with van der Waals surface area (Å²) in [5.41, 5.74) is 0. The summed E-state index contributed by atoms with van der Waals surface area (Å²) in [5, 5.41) is 11.4. The highest BCUT2D eigenvalue weighted by Gasteiger charge is 2.27. The van der Waals surface area contributed by atoms with Crippen molar-refractivity contribution in [2.45, 2.75) is 57.6 Å². The summed E-state index contributed by atoms with van der Waals surface area (Å²) in [6.07, 6.45) is 7.29. The number of nitrogens with zero attached hydrogens (tertiary/aromatic N) is 3. The fourth-order valence-electron chi connectivity index (χ4n) is 3.03. The lowest BCUT2D eigenvalue weighted by atomic mass is 10.0. The Kier molecular flexibility index (Phi) is 5.10. The molecule has 1 aliphatic heterocycles. The molecule has 3 rings (SSSR count). The van der Waals surface area contributed by atoms with Gasteiger partial charge in [0, 0.05) is 37.0 Å². The van der Waals surface area contributed by atoms with Gasteiger partial charge in [0.1, 0.15) is 17.7 Å². The van der Waals surface area contributed by atoms with Crippen molar-refractivity contribution in [1.29, 1.82) is 0 Å². The van der Waals surface area contributed by atoms with Crippen molar-refractivity contribution in [2.24, 2.45) is 0 Å². The predicted octanol–water partition coefficient (Wildman–Crippen LogP) is 3.57. The zero-order valence-electron chi connectivity index (χ0n) is 12.9. The molecule has 6 heteroatoms. The van der Waals surface area contributed by atoms with Gasteiger partial charge in [-0.05, 0) is 25.0 Å². The van der Waals surface area contributed by atoms with Gasteiger partial charge in [0.2, 0.25) is 5.13 Å². The maximum absolute atomic E-state index is 10.4. The Bertz CT molecular complexity index is 570. The molecule has 3 heterocycles. The van der Waals surface area contributed by atoms with Crippen molar-refractivity contribution in [3.8, 4) is 0 Å². The molecule has 2 aromatic heterocycles. The maximum Gasteiger partial charge on any atom is 0.205 e. The molecular weight excluding hydrogens is 298 g/mol. The Labute approximate surface area is 135 Å². The third kappa shape index (κ3) is 3.50. The molecule has 0 bridgehead atoms. The third-order valence-corrected chi connectivity index (χ3v) is 5.05. The van der Waals surface area contributed by atoms with E-state index >= 15 is 0 Å². The number of aliphatic hydroxyl groups is 1. The molecule has 22 heavy (non-hydrogen) atoms. The summed E-state index contributed by atoms with van der Waals surface area (Å²) in [4.78, 5) is 6.99. The standard InChI is InChI=1S/C16H23N3O2S/c1-2-15-17-16(22-18-15)19-9-5-3-4-7-12(19)11-13(20)14-8-6-10-21-14/h6,8,10,12-13,20H,2-5,7,9,11H2,1H3. The number of hydrogen-bond donors (Lipinski definition) is 1. The lowest BCUT2D eigenvalue weighted by molar-refractivity contribution is 0.129. The summed E-state index contributed by atoms with van der Waals surface area (Å²) < 4.78 is 9.75. The van der Waals surface area contributed by atoms with Crippen molar-refractivity contribution in [1.82, 2.24) is 9.36 Å². The molecule has 0 aliphatic carbocycles. The summed E-state index contributed by atoms with van der Waals surface area (Å²) in [6.45, 7) is 3.07. The minimum atomic E-state index is -0.556. The van der Waals surface area contributed by atoms with Gasteiger partial charge < -0.3 is 14.4 Å². The first-order valence-electron chi connectivity index (χ1n) is 8.08. The Balaban J connectivity index is 1.75. The van der Waals surface area contributed by atoms with Crippen LogP contribution in [-0.4, -0.2) is 27.1 Å². The number of aryl methyl sites for hydroxylation is 1. The quantitative estimate of drug-likeness (QED) is 0.912. The molecule has 1 aliphatic rings. The van der Waals surface area contributed by atoms with E-state index < -0.39 is 6.10 Å². The normalized spacial score (nSPS) is 20.8. The first-order valence-corrected chi connectivity index (χ1v) is 8.86. The first kappa shape index (κ1) is 15.5. The Morgan fingerprint density at radius 2 is 2.36 bits per heavy atom. The topological polar surface area (TPSA) is 62.4 Å². The zero-order valence-corrected chi connectivity index (χ0v) is 13.8. The highest BCUT2D eigenvalue weighted by molar-refractivity contribution is 7.09. The van der Waals surface area contributed by atoms with Crippen molar-refractivity contribution in [2.75, 3.05) is 11.4 Å². The van der Waals surface area contributed by atoms with Crippen LogP contribution < -0.4 is 4.90 Å². The van der Waals surface area contributed by atoms with Crippen LogP contribution in [0.5, 0.6) is 0 Å². The van der Waals surface area contributed by atoms with Crippen molar-refractivity contribution < 1.29 is 9.52 Å². The van der Waals surface area contributed by atoms with Gasteiger partial charge in [-0.3, -0.25) is 0 Å². The van der Waals surface area contributed by atoms with E-state index in [9.17, 15) is 5.11 Å². The van der Waals surface area contributed by atoms with Gasteiger partial charge in [0.25, 0.3) is 0 Å². The molecule has 0 aromatic carbocycles. The van der Waals surface area contributed by atoms with Crippen LogP contribution in [0.25, 0.3) is 0 Å². The predicted molar refractivity (Wildman–Crippen MR) is 87.2 cm³/mol. The smallest absolute Gasteiger partial charge is 0.205 e. The average Bonchev–Trinajstić information content (AvgIpc) is 3.17. The molecule has 1 saturated heterocycles. The second-order valence-electron chi connectivity index (χ2n) is 5.81. The summed E-state index contributed by atoms with van der Waals surface area (Å²) in [5.74, 6) is 1.56. The molecule has 2 atom stereocenters. The van der Waals surface area contributed by atoms with Crippen LogP contribution in [-0.2, 0) is 6.42 Å². The lowest BCUT2D eigenvalue weighted by Crippen LogP contribution is -2.36. The molecule has 0 saturated carbocycles. The van der Waals surface area contributed by atoms with Crippen LogP contribution in [0.2, 0.25) is 0 Å². The fourth-order valence-corrected chi connectivity index (χ4v) is 3.88. The average molecular weight is 321 g/mol. The van der Waals surface area contributed by atoms with Gasteiger partial charge in [-0.15, -0.1) is 0 Å². The highest BCUT2D eigenvalue weighted by Crippen LogP contribution is 2.31. The van der Waals surface area contributed by atoms with E-state index in [2.05, 4.69) is 21.2 Å². The number of furan rings is 1. The maximum atomic E-state index is 10.4. The molecular formula is C16H23N3O2S. The van der Waals surface area contributed by atoms with Gasteiger partial charge in [-0.1, -0.05) is 19.8 Å². The molecule has 120 valence electrons. The Morgan fingerprint density at radius 1 is 1.45 bits per heavy atom. The van der Waals surface area contributed by atoms with E-state index in [1.165, 1.54) is 30.8 Å². The van der Waals surface area contributed by atoms with E-state index in [0.29, 0.717) is 18.2 Å². The van der Waals surface area contributed by atoms with Crippen LogP contribution in [0.3, 0.4) is 0 Å². The molecule has 1 N–H and O–H groups in total. The third-order valence-electron chi connectivity index (χ3n) is 4.26. The molecule has 0 amide bonds.